The predicted molar refractivity (Wildman–Crippen MR) is 90.5 cm³/mol. The summed E-state index contributed by atoms with van der Waals surface area (Å²) in [4.78, 5) is 23.5. The first kappa shape index (κ1) is 17.2. The van der Waals surface area contributed by atoms with Gasteiger partial charge in [-0.15, -0.1) is 11.3 Å². The fourth-order valence-electron chi connectivity index (χ4n) is 2.22. The van der Waals surface area contributed by atoms with Crippen LogP contribution in [0.3, 0.4) is 0 Å². The number of primary amides is 1. The molecule has 2 heterocycles. The van der Waals surface area contributed by atoms with Crippen LogP contribution < -0.4 is 16.4 Å². The highest BCUT2D eigenvalue weighted by Crippen LogP contribution is 2.22. The third-order valence-corrected chi connectivity index (χ3v) is 4.15. The Bertz CT molecular complexity index is 694. The molecule has 0 fully saturated rings. The summed E-state index contributed by atoms with van der Waals surface area (Å²) in [6.45, 7) is 6.41. The summed E-state index contributed by atoms with van der Waals surface area (Å²) in [5.41, 5.74) is 6.70. The number of rotatable bonds is 7. The zero-order valence-electron chi connectivity index (χ0n) is 13.4. The minimum absolute atomic E-state index is 0.0639. The second-order valence-electron chi connectivity index (χ2n) is 5.55. The third kappa shape index (κ3) is 4.64. The van der Waals surface area contributed by atoms with Gasteiger partial charge in [0.25, 0.3) is 5.91 Å². The van der Waals surface area contributed by atoms with Crippen LogP contribution in [0.15, 0.2) is 23.8 Å². The van der Waals surface area contributed by atoms with E-state index in [0.717, 1.165) is 5.56 Å². The number of hydrogen-bond acceptors (Lipinski definition) is 5. The van der Waals surface area contributed by atoms with Crippen LogP contribution in [-0.4, -0.2) is 33.7 Å². The minimum Gasteiger partial charge on any atom is -0.366 e. The molecule has 0 bridgehead atoms. The van der Waals surface area contributed by atoms with E-state index in [-0.39, 0.29) is 11.9 Å². The van der Waals surface area contributed by atoms with Gasteiger partial charge in [-0.25, -0.2) is 0 Å². The summed E-state index contributed by atoms with van der Waals surface area (Å²) >= 11 is 1.27. The van der Waals surface area contributed by atoms with Gasteiger partial charge in [0.15, 0.2) is 0 Å². The highest BCUT2D eigenvalue weighted by atomic mass is 32.1. The second kappa shape index (κ2) is 7.38. The monoisotopic (exact) mass is 335 g/mol. The topological polar surface area (TPSA) is 102 Å². The van der Waals surface area contributed by atoms with E-state index in [1.807, 2.05) is 24.7 Å². The van der Waals surface area contributed by atoms with Gasteiger partial charge >= 0.3 is 0 Å². The molecule has 4 N–H and O–H groups in total. The Morgan fingerprint density at radius 3 is 2.78 bits per heavy atom. The van der Waals surface area contributed by atoms with Crippen LogP contribution in [0.1, 0.15) is 29.8 Å². The van der Waals surface area contributed by atoms with Crippen molar-refractivity contribution in [3.63, 3.8) is 0 Å². The number of anilines is 1. The molecule has 0 aliphatic carbocycles. The van der Waals surface area contributed by atoms with Crippen LogP contribution in [-0.2, 0) is 11.3 Å². The molecule has 2 amide bonds. The van der Waals surface area contributed by atoms with E-state index in [1.54, 1.807) is 24.6 Å². The SMILES string of the molecule is Cc1cnn(C[C@H](C)N[C@@H](C)C(=O)Nc2sccc2C(N)=O)c1. The molecule has 23 heavy (non-hydrogen) atoms. The lowest BCUT2D eigenvalue weighted by atomic mass is 10.2. The highest BCUT2D eigenvalue weighted by molar-refractivity contribution is 7.14. The number of hydrogen-bond donors (Lipinski definition) is 3. The maximum atomic E-state index is 12.2. The number of nitrogens with zero attached hydrogens (tertiary/aromatic N) is 2. The van der Waals surface area contributed by atoms with Crippen LogP contribution in [0.25, 0.3) is 0 Å². The van der Waals surface area contributed by atoms with Crippen molar-refractivity contribution in [1.82, 2.24) is 15.1 Å². The summed E-state index contributed by atoms with van der Waals surface area (Å²) in [5.74, 6) is -0.761. The molecular weight excluding hydrogens is 314 g/mol. The van der Waals surface area contributed by atoms with Gasteiger partial charge in [0, 0.05) is 12.2 Å². The van der Waals surface area contributed by atoms with Crippen LogP contribution >= 0.6 is 11.3 Å². The van der Waals surface area contributed by atoms with E-state index in [2.05, 4.69) is 15.7 Å². The number of carbonyl (C=O) groups is 2. The smallest absolute Gasteiger partial charge is 0.251 e. The molecule has 0 saturated heterocycles. The van der Waals surface area contributed by atoms with Gasteiger partial charge in [-0.05, 0) is 37.8 Å². The maximum absolute atomic E-state index is 12.2. The van der Waals surface area contributed by atoms with Crippen molar-refractivity contribution in [2.75, 3.05) is 5.32 Å². The van der Waals surface area contributed by atoms with Crippen molar-refractivity contribution in [2.45, 2.75) is 39.4 Å². The molecule has 0 aliphatic heterocycles. The first-order valence-corrected chi connectivity index (χ1v) is 8.18. The number of aryl methyl sites for hydroxylation is 1. The molecule has 2 aromatic rings. The van der Waals surface area contributed by atoms with Crippen molar-refractivity contribution in [3.05, 3.63) is 35.0 Å². The van der Waals surface area contributed by atoms with Crippen molar-refractivity contribution < 1.29 is 9.59 Å². The zero-order chi connectivity index (χ0) is 17.0. The van der Waals surface area contributed by atoms with E-state index in [4.69, 9.17) is 5.73 Å². The molecule has 0 unspecified atom stereocenters. The number of amides is 2. The molecule has 0 radical (unpaired) electrons. The summed E-state index contributed by atoms with van der Waals surface area (Å²) < 4.78 is 1.84. The van der Waals surface area contributed by atoms with Gasteiger partial charge in [0.2, 0.25) is 5.91 Å². The number of carbonyl (C=O) groups excluding carboxylic acids is 2. The zero-order valence-corrected chi connectivity index (χ0v) is 14.2. The van der Waals surface area contributed by atoms with E-state index < -0.39 is 11.9 Å². The molecule has 2 aromatic heterocycles. The Hall–Kier alpha value is -2.19. The first-order valence-electron chi connectivity index (χ1n) is 7.30. The molecule has 124 valence electrons. The normalized spacial score (nSPS) is 13.5. The summed E-state index contributed by atoms with van der Waals surface area (Å²) in [6, 6.07) is 1.25. The lowest BCUT2D eigenvalue weighted by Crippen LogP contribution is -2.44. The molecule has 8 heteroatoms. The lowest BCUT2D eigenvalue weighted by Gasteiger charge is -2.19. The standard InChI is InChI=1S/C15H21N5O2S/c1-9-6-17-20(7-9)8-10(2)18-11(3)14(22)19-15-12(13(16)21)4-5-23-15/h4-7,10-11,18H,8H2,1-3H3,(H2,16,21)(H,19,22)/t10-,11-/m0/s1. The first-order chi connectivity index (χ1) is 10.9. The highest BCUT2D eigenvalue weighted by Gasteiger charge is 2.19. The quantitative estimate of drug-likeness (QED) is 0.711. The molecule has 0 spiro atoms. The molecule has 2 atom stereocenters. The number of nitrogens with two attached hydrogens (primary N) is 1. The van der Waals surface area contributed by atoms with Gasteiger partial charge < -0.3 is 16.4 Å². The number of aromatic nitrogens is 2. The molecule has 0 aliphatic rings. The Balaban J connectivity index is 1.89. The fraction of sp³-hybridized carbons (Fsp3) is 0.400. The van der Waals surface area contributed by atoms with Gasteiger partial charge in [-0.2, -0.15) is 5.10 Å². The Kier molecular flexibility index (Phi) is 5.51. The molecule has 2 rings (SSSR count). The molecular formula is C15H21N5O2S. The van der Waals surface area contributed by atoms with Crippen LogP contribution in [0.4, 0.5) is 5.00 Å². The Labute approximate surface area is 138 Å². The van der Waals surface area contributed by atoms with Gasteiger partial charge in [-0.3, -0.25) is 14.3 Å². The van der Waals surface area contributed by atoms with Crippen molar-refractivity contribution >= 4 is 28.2 Å². The fourth-order valence-corrected chi connectivity index (χ4v) is 3.02. The van der Waals surface area contributed by atoms with Crippen molar-refractivity contribution in [3.8, 4) is 0 Å². The van der Waals surface area contributed by atoms with Crippen LogP contribution in [0.2, 0.25) is 0 Å². The van der Waals surface area contributed by atoms with E-state index >= 15 is 0 Å². The van der Waals surface area contributed by atoms with Crippen LogP contribution in [0.5, 0.6) is 0 Å². The van der Waals surface area contributed by atoms with Crippen molar-refractivity contribution in [1.29, 1.82) is 0 Å². The summed E-state index contributed by atoms with van der Waals surface area (Å²) in [7, 11) is 0. The maximum Gasteiger partial charge on any atom is 0.251 e. The van der Waals surface area contributed by atoms with E-state index in [9.17, 15) is 9.59 Å². The lowest BCUT2D eigenvalue weighted by molar-refractivity contribution is -0.117. The van der Waals surface area contributed by atoms with Gasteiger partial charge in [-0.1, -0.05) is 0 Å². The van der Waals surface area contributed by atoms with Gasteiger partial charge in [0.05, 0.1) is 24.3 Å². The number of nitrogens with one attached hydrogen (secondary N) is 2. The average Bonchev–Trinajstić information content (AvgIpc) is 3.07. The van der Waals surface area contributed by atoms with Gasteiger partial charge in [0.1, 0.15) is 5.00 Å². The molecule has 0 saturated carbocycles. The largest absolute Gasteiger partial charge is 0.366 e. The summed E-state index contributed by atoms with van der Waals surface area (Å²) in [5, 5.41) is 12.4. The second-order valence-corrected chi connectivity index (χ2v) is 6.46. The molecule has 7 nitrogen and oxygen atoms in total. The molecule has 0 aromatic carbocycles. The Morgan fingerprint density at radius 2 is 2.17 bits per heavy atom. The van der Waals surface area contributed by atoms with Crippen LogP contribution in [0, 0.1) is 6.92 Å². The van der Waals surface area contributed by atoms with E-state index in [1.165, 1.54) is 11.3 Å². The Morgan fingerprint density at radius 1 is 1.43 bits per heavy atom. The summed E-state index contributed by atoms with van der Waals surface area (Å²) in [6.07, 6.45) is 3.75. The van der Waals surface area contributed by atoms with E-state index in [0.29, 0.717) is 17.1 Å². The average molecular weight is 335 g/mol. The predicted octanol–water partition coefficient (Wildman–Crippen LogP) is 1.36. The number of thiophene rings is 1. The third-order valence-electron chi connectivity index (χ3n) is 3.32. The van der Waals surface area contributed by atoms with Crippen molar-refractivity contribution in [2.24, 2.45) is 5.73 Å². The minimum atomic E-state index is -0.551.